The number of alkyl halides is 10. The number of carbonyl (C=O) groups is 1. The third kappa shape index (κ3) is 4.65. The fourth-order valence-corrected chi connectivity index (χ4v) is 4.93. The molecule has 0 radical (unpaired) electrons. The maximum absolute atomic E-state index is 13.7. The van der Waals surface area contributed by atoms with Crippen molar-refractivity contribution in [2.24, 2.45) is 5.92 Å². The minimum absolute atomic E-state index is 0.0548. The Balaban J connectivity index is 2.26. The number of Topliss-reactive ketones (excluding diaryl/α,β-unsaturated/α-hetero) is 1. The highest BCUT2D eigenvalue weighted by atomic mass is 127. The SMILES string of the molecule is O=C1c2ccc(C(F)(F)F)cc2C(O)C1C(O)(CCI)c1cc(C(F)(F)F)ccc1C(F)(F)F. The van der Waals surface area contributed by atoms with Crippen LogP contribution < -0.4 is 0 Å². The number of ketones is 1. The van der Waals surface area contributed by atoms with Crippen LogP contribution in [0.5, 0.6) is 0 Å². The van der Waals surface area contributed by atoms with Crippen LogP contribution in [-0.2, 0) is 24.1 Å². The predicted octanol–water partition coefficient (Wildman–Crippen LogP) is 6.30. The number of aliphatic hydroxyl groups is 2. The van der Waals surface area contributed by atoms with Crippen molar-refractivity contribution in [3.63, 3.8) is 0 Å². The van der Waals surface area contributed by atoms with Crippen molar-refractivity contribution >= 4 is 28.4 Å². The predicted molar refractivity (Wildman–Crippen MR) is 108 cm³/mol. The van der Waals surface area contributed by atoms with E-state index < -0.39 is 81.7 Å². The number of hydrogen-bond donors (Lipinski definition) is 2. The molecule has 0 aliphatic heterocycles. The molecule has 0 amide bonds. The lowest BCUT2D eigenvalue weighted by atomic mass is 9.74. The van der Waals surface area contributed by atoms with E-state index in [1.54, 1.807) is 22.6 Å². The zero-order chi connectivity index (χ0) is 25.9. The summed E-state index contributed by atoms with van der Waals surface area (Å²) in [5.41, 5.74) is -9.81. The van der Waals surface area contributed by atoms with Crippen LogP contribution in [0.15, 0.2) is 36.4 Å². The number of carbonyl (C=O) groups excluding carboxylic acids is 1. The Morgan fingerprint density at radius 1 is 0.794 bits per heavy atom. The molecule has 3 unspecified atom stereocenters. The lowest BCUT2D eigenvalue weighted by molar-refractivity contribution is -0.146. The summed E-state index contributed by atoms with van der Waals surface area (Å²) >= 11 is 1.61. The Kier molecular flexibility index (Phi) is 6.81. The first-order valence-electron chi connectivity index (χ1n) is 9.43. The third-order valence-electron chi connectivity index (χ3n) is 5.67. The van der Waals surface area contributed by atoms with Gasteiger partial charge in [-0.2, -0.15) is 39.5 Å². The van der Waals surface area contributed by atoms with E-state index in [1.165, 1.54) is 0 Å². The van der Waals surface area contributed by atoms with Crippen LogP contribution in [0.25, 0.3) is 0 Å². The third-order valence-corrected chi connectivity index (χ3v) is 6.21. The van der Waals surface area contributed by atoms with Crippen molar-refractivity contribution in [1.29, 1.82) is 0 Å². The highest BCUT2D eigenvalue weighted by molar-refractivity contribution is 14.1. The average molecular weight is 612 g/mol. The van der Waals surface area contributed by atoms with Gasteiger partial charge < -0.3 is 10.2 Å². The van der Waals surface area contributed by atoms with E-state index in [1.807, 2.05) is 0 Å². The Labute approximate surface area is 199 Å². The molecule has 2 N–H and O–H groups in total. The van der Waals surface area contributed by atoms with Crippen LogP contribution in [0.1, 0.15) is 50.7 Å². The van der Waals surface area contributed by atoms with Gasteiger partial charge in [0.1, 0.15) is 5.60 Å². The molecule has 0 heterocycles. The zero-order valence-corrected chi connectivity index (χ0v) is 18.8. The molecular formula is C21H14F9IO3. The summed E-state index contributed by atoms with van der Waals surface area (Å²) < 4.78 is 120. The normalized spacial score (nSPS) is 20.9. The molecule has 1 aliphatic carbocycles. The number of hydrogen-bond acceptors (Lipinski definition) is 3. The van der Waals surface area contributed by atoms with E-state index in [-0.39, 0.29) is 22.6 Å². The van der Waals surface area contributed by atoms with Crippen LogP contribution in [0.2, 0.25) is 0 Å². The maximum Gasteiger partial charge on any atom is 0.416 e. The fraction of sp³-hybridized carbons (Fsp3) is 0.381. The number of halogens is 10. The van der Waals surface area contributed by atoms with Crippen molar-refractivity contribution in [2.45, 2.75) is 36.7 Å². The topological polar surface area (TPSA) is 57.5 Å². The first-order chi connectivity index (χ1) is 15.4. The molecule has 0 fully saturated rings. The smallest absolute Gasteiger partial charge is 0.387 e. The molecule has 0 saturated carbocycles. The summed E-state index contributed by atoms with van der Waals surface area (Å²) in [6.07, 6.45) is -18.1. The molecule has 0 aromatic heterocycles. The lowest BCUT2D eigenvalue weighted by Gasteiger charge is -2.37. The summed E-state index contributed by atoms with van der Waals surface area (Å²) in [5.74, 6) is -3.36. The summed E-state index contributed by atoms with van der Waals surface area (Å²) in [4.78, 5) is 13.0. The molecule has 0 saturated heterocycles. The van der Waals surface area contributed by atoms with E-state index in [9.17, 15) is 54.5 Å². The molecule has 1 aliphatic rings. The largest absolute Gasteiger partial charge is 0.416 e. The Morgan fingerprint density at radius 3 is 1.82 bits per heavy atom. The first kappa shape index (κ1) is 26.7. The molecule has 0 spiro atoms. The van der Waals surface area contributed by atoms with Crippen molar-refractivity contribution < 1.29 is 54.5 Å². The van der Waals surface area contributed by atoms with Crippen molar-refractivity contribution in [2.75, 3.05) is 4.43 Å². The van der Waals surface area contributed by atoms with Gasteiger partial charge in [-0.25, -0.2) is 0 Å². The van der Waals surface area contributed by atoms with Crippen LogP contribution in [0.4, 0.5) is 39.5 Å². The van der Waals surface area contributed by atoms with Gasteiger partial charge in [0.2, 0.25) is 0 Å². The molecule has 2 aromatic carbocycles. The number of benzene rings is 2. The van der Waals surface area contributed by atoms with Crippen molar-refractivity contribution in [3.05, 3.63) is 69.8 Å². The van der Waals surface area contributed by atoms with Crippen molar-refractivity contribution in [1.82, 2.24) is 0 Å². The van der Waals surface area contributed by atoms with Gasteiger partial charge in [-0.15, -0.1) is 0 Å². The van der Waals surface area contributed by atoms with E-state index in [0.717, 1.165) is 0 Å². The zero-order valence-electron chi connectivity index (χ0n) is 16.6. The quantitative estimate of drug-likeness (QED) is 0.242. The van der Waals surface area contributed by atoms with Gasteiger partial charge in [0, 0.05) is 9.99 Å². The number of aliphatic hydroxyl groups excluding tert-OH is 1. The van der Waals surface area contributed by atoms with Crippen molar-refractivity contribution in [3.8, 4) is 0 Å². The Hall–Kier alpha value is -1.87. The molecule has 3 rings (SSSR count). The minimum atomic E-state index is -5.25. The molecule has 34 heavy (non-hydrogen) atoms. The van der Waals surface area contributed by atoms with Gasteiger partial charge in [-0.3, -0.25) is 4.79 Å². The minimum Gasteiger partial charge on any atom is -0.387 e. The van der Waals surface area contributed by atoms with Gasteiger partial charge in [0.05, 0.1) is 28.7 Å². The monoisotopic (exact) mass is 612 g/mol. The molecule has 0 bridgehead atoms. The summed E-state index contributed by atoms with van der Waals surface area (Å²) in [6, 6.07) is 1.99. The highest BCUT2D eigenvalue weighted by Gasteiger charge is 2.55. The van der Waals surface area contributed by atoms with Crippen LogP contribution in [0, 0.1) is 5.92 Å². The second-order valence-corrected chi connectivity index (χ2v) is 8.78. The lowest BCUT2D eigenvalue weighted by Crippen LogP contribution is -2.42. The van der Waals surface area contributed by atoms with E-state index in [4.69, 9.17) is 0 Å². The Bertz CT molecular complexity index is 1110. The summed E-state index contributed by atoms with van der Waals surface area (Å²) in [7, 11) is 0. The van der Waals surface area contributed by atoms with Gasteiger partial charge in [-0.05, 0) is 47.9 Å². The van der Waals surface area contributed by atoms with Crippen LogP contribution in [-0.4, -0.2) is 20.4 Å². The summed E-state index contributed by atoms with van der Waals surface area (Å²) in [5, 5.41) is 22.1. The maximum atomic E-state index is 13.7. The second kappa shape index (κ2) is 8.66. The molecular weight excluding hydrogens is 598 g/mol. The summed E-state index contributed by atoms with van der Waals surface area (Å²) in [6.45, 7) is 0. The molecule has 2 aromatic rings. The fourth-order valence-electron chi connectivity index (χ4n) is 4.10. The second-order valence-electron chi connectivity index (χ2n) is 7.71. The van der Waals surface area contributed by atoms with Crippen LogP contribution >= 0.6 is 22.6 Å². The van der Waals surface area contributed by atoms with Gasteiger partial charge >= 0.3 is 18.5 Å². The van der Waals surface area contributed by atoms with Gasteiger partial charge in [-0.1, -0.05) is 28.7 Å². The molecule has 3 atom stereocenters. The average Bonchev–Trinajstić information content (AvgIpc) is 2.96. The number of fused-ring (bicyclic) bond motifs is 1. The van der Waals surface area contributed by atoms with E-state index in [2.05, 4.69) is 0 Å². The van der Waals surface area contributed by atoms with Crippen LogP contribution in [0.3, 0.4) is 0 Å². The molecule has 186 valence electrons. The molecule has 13 heteroatoms. The Morgan fingerprint density at radius 2 is 1.32 bits per heavy atom. The van der Waals surface area contributed by atoms with Gasteiger partial charge in [0.15, 0.2) is 5.78 Å². The van der Waals surface area contributed by atoms with Gasteiger partial charge in [0.25, 0.3) is 0 Å². The number of rotatable bonds is 4. The first-order valence-corrected chi connectivity index (χ1v) is 11.0. The van der Waals surface area contributed by atoms with E-state index >= 15 is 0 Å². The highest BCUT2D eigenvalue weighted by Crippen LogP contribution is 2.52. The standard InChI is InChI=1S/C21H14F9IO3/c22-19(23,24)9-1-3-11-12(7-9)17(33)15(16(11)32)18(34,5-6-31)14-8-10(20(25,26)27)2-4-13(14)21(28,29)30/h1-4,7-8,15,17,33-34H,5-6H2. The van der Waals surface area contributed by atoms with E-state index in [0.29, 0.717) is 18.2 Å². The molecule has 3 nitrogen and oxygen atoms in total.